The summed E-state index contributed by atoms with van der Waals surface area (Å²) in [6.45, 7) is 0. The van der Waals surface area contributed by atoms with Crippen LogP contribution in [-0.4, -0.2) is 22.0 Å². The van der Waals surface area contributed by atoms with E-state index in [9.17, 15) is 4.55 Å². The van der Waals surface area contributed by atoms with Crippen LogP contribution >= 0.6 is 11.6 Å². The van der Waals surface area contributed by atoms with Crippen molar-refractivity contribution in [3.63, 3.8) is 0 Å². The molecule has 0 unspecified atom stereocenters. The quantitative estimate of drug-likeness (QED) is 0.463. The van der Waals surface area contributed by atoms with E-state index in [4.69, 9.17) is 11.6 Å². The lowest BCUT2D eigenvalue weighted by Crippen LogP contribution is -1.86. The molecule has 1 aromatic heterocycles. The van der Waals surface area contributed by atoms with Crippen LogP contribution in [0.25, 0.3) is 0 Å². The molecule has 1 rings (SSSR count). The number of rotatable bonds is 0. The fraction of sp³-hybridized carbons (Fsp3) is 0.286. The average molecular weight is 192 g/mol. The number of hydrogen-bond acceptors (Lipinski definition) is 2. The Bertz CT molecular complexity index is 178. The van der Waals surface area contributed by atoms with Gasteiger partial charge in [-0.15, -0.1) is 0 Å². The Morgan fingerprint density at radius 1 is 1.45 bits per heavy atom. The van der Waals surface area contributed by atoms with Crippen molar-refractivity contribution in [2.75, 3.05) is 12.5 Å². The van der Waals surface area contributed by atoms with E-state index in [1.807, 2.05) is 12.1 Å². The van der Waals surface area contributed by atoms with Crippen LogP contribution in [0.2, 0.25) is 5.15 Å². The Balaban J connectivity index is 0.000000218. The highest BCUT2D eigenvalue weighted by Gasteiger charge is 1.76. The van der Waals surface area contributed by atoms with Crippen molar-refractivity contribution >= 4 is 22.8 Å². The molecule has 2 nitrogen and oxygen atoms in total. The zero-order valence-electron chi connectivity index (χ0n) is 6.45. The second kappa shape index (κ2) is 6.46. The summed E-state index contributed by atoms with van der Waals surface area (Å²) >= 11 is 4.82. The van der Waals surface area contributed by atoms with Crippen LogP contribution in [0.4, 0.5) is 0 Å². The zero-order chi connectivity index (χ0) is 8.69. The van der Waals surface area contributed by atoms with Crippen molar-refractivity contribution in [3.05, 3.63) is 29.5 Å². The van der Waals surface area contributed by atoms with Crippen molar-refractivity contribution in [1.29, 1.82) is 0 Å². The van der Waals surface area contributed by atoms with E-state index >= 15 is 0 Å². The van der Waals surface area contributed by atoms with E-state index < -0.39 is 11.2 Å². The number of nitrogens with zero attached hydrogens (tertiary/aromatic N) is 1. The van der Waals surface area contributed by atoms with Crippen molar-refractivity contribution in [3.8, 4) is 0 Å². The summed E-state index contributed by atoms with van der Waals surface area (Å²) < 4.78 is 9.56. The highest BCUT2D eigenvalue weighted by molar-refractivity contribution is 7.89. The van der Waals surface area contributed by atoms with E-state index in [0.717, 1.165) is 0 Å². The molecular weight excluding hydrogens is 182 g/mol. The first kappa shape index (κ1) is 10.8. The third-order valence-electron chi connectivity index (χ3n) is 0.629. The minimum absolute atomic E-state index is 0.544. The molecule has 0 amide bonds. The molecule has 1 heterocycles. The fourth-order valence-corrected chi connectivity index (χ4v) is 0.471. The van der Waals surface area contributed by atoms with E-state index in [2.05, 4.69) is 4.98 Å². The Labute approximate surface area is 74.8 Å². The Morgan fingerprint density at radius 3 is 2.18 bits per heavy atom. The summed E-state index contributed by atoms with van der Waals surface area (Å²) in [4.78, 5) is 3.74. The number of halogens is 1. The van der Waals surface area contributed by atoms with Gasteiger partial charge >= 0.3 is 0 Å². The molecule has 0 aromatic carbocycles. The molecule has 11 heavy (non-hydrogen) atoms. The fourth-order valence-electron chi connectivity index (χ4n) is 0.342. The molecule has 0 fully saturated rings. The first-order valence-corrected chi connectivity index (χ1v) is 5.29. The number of hydrogen-bond donors (Lipinski definition) is 0. The lowest BCUT2D eigenvalue weighted by atomic mass is 10.5. The monoisotopic (exact) mass is 191 g/mol. The lowest BCUT2D eigenvalue weighted by molar-refractivity contribution is 0.606. The molecule has 0 saturated heterocycles. The Kier molecular flexibility index (Phi) is 6.31. The van der Waals surface area contributed by atoms with Gasteiger partial charge in [-0.2, -0.15) is 0 Å². The largest absolute Gasteiger partial charge is 0.617 e. The lowest BCUT2D eigenvalue weighted by Gasteiger charge is -1.87. The maximum atomic E-state index is 9.56. The second-order valence-electron chi connectivity index (χ2n) is 1.89. The molecule has 62 valence electrons. The van der Waals surface area contributed by atoms with Gasteiger partial charge < -0.3 is 4.55 Å². The Hall–Kier alpha value is -0.250. The van der Waals surface area contributed by atoms with Gasteiger partial charge in [-0.25, -0.2) is 4.98 Å². The molecule has 0 aliphatic rings. The van der Waals surface area contributed by atoms with Crippen molar-refractivity contribution in [2.45, 2.75) is 0 Å². The number of aromatic nitrogens is 1. The van der Waals surface area contributed by atoms with Crippen LogP contribution in [0.15, 0.2) is 24.4 Å². The summed E-state index contributed by atoms with van der Waals surface area (Å²) in [6, 6.07) is 5.41. The topological polar surface area (TPSA) is 36.0 Å². The maximum absolute atomic E-state index is 9.56. The van der Waals surface area contributed by atoms with E-state index in [1.165, 1.54) is 0 Å². The van der Waals surface area contributed by atoms with E-state index in [1.54, 1.807) is 24.8 Å². The van der Waals surface area contributed by atoms with Gasteiger partial charge in [0.2, 0.25) is 0 Å². The van der Waals surface area contributed by atoms with Gasteiger partial charge in [-0.3, -0.25) is 0 Å². The van der Waals surface area contributed by atoms with Crippen LogP contribution in [0, 0.1) is 0 Å². The summed E-state index contributed by atoms with van der Waals surface area (Å²) in [5, 5.41) is 0.544. The predicted molar refractivity (Wildman–Crippen MR) is 49.2 cm³/mol. The van der Waals surface area contributed by atoms with Crippen LogP contribution in [0.5, 0.6) is 0 Å². The van der Waals surface area contributed by atoms with Gasteiger partial charge in [0.25, 0.3) is 0 Å². The smallest absolute Gasteiger partial charge is 0.129 e. The van der Waals surface area contributed by atoms with Crippen molar-refractivity contribution in [2.24, 2.45) is 0 Å². The molecule has 4 heteroatoms. The summed E-state index contributed by atoms with van der Waals surface area (Å²) in [6.07, 6.45) is 4.93. The van der Waals surface area contributed by atoms with Crippen LogP contribution in [0.1, 0.15) is 0 Å². The standard InChI is InChI=1S/C5H4ClN.C2H6OS/c6-5-3-1-2-4-7-5;1-4(2)3/h1-4H;1-2H3. The molecular formula is C7H10ClNOS. The summed E-state index contributed by atoms with van der Waals surface area (Å²) in [7, 11) is 0. The first-order chi connectivity index (χ1) is 5.13. The predicted octanol–water partition coefficient (Wildman–Crippen LogP) is 1.73. The molecule has 0 aliphatic carbocycles. The number of pyridine rings is 1. The van der Waals surface area contributed by atoms with Crippen molar-refractivity contribution in [1.82, 2.24) is 4.98 Å². The van der Waals surface area contributed by atoms with Gasteiger partial charge in [0.05, 0.1) is 12.5 Å². The highest BCUT2D eigenvalue weighted by Crippen LogP contribution is 1.98. The first-order valence-electron chi connectivity index (χ1n) is 2.94. The van der Waals surface area contributed by atoms with Gasteiger partial charge in [0.1, 0.15) is 5.15 Å². The molecule has 0 N–H and O–H groups in total. The highest BCUT2D eigenvalue weighted by atomic mass is 35.5. The van der Waals surface area contributed by atoms with Gasteiger partial charge in [0, 0.05) is 6.20 Å². The zero-order valence-corrected chi connectivity index (χ0v) is 8.02. The molecule has 0 saturated carbocycles. The van der Waals surface area contributed by atoms with Crippen LogP contribution in [-0.2, 0) is 11.2 Å². The molecule has 0 atom stereocenters. The second-order valence-corrected chi connectivity index (χ2v) is 3.76. The molecule has 0 radical (unpaired) electrons. The third-order valence-corrected chi connectivity index (χ3v) is 0.852. The normalized spacial score (nSPS) is 8.82. The third kappa shape index (κ3) is 9.75. The minimum Gasteiger partial charge on any atom is -0.617 e. The van der Waals surface area contributed by atoms with Gasteiger partial charge in [-0.1, -0.05) is 28.8 Å². The molecule has 0 aliphatic heterocycles. The minimum atomic E-state index is -0.611. The summed E-state index contributed by atoms with van der Waals surface area (Å²) in [5.41, 5.74) is 0. The maximum Gasteiger partial charge on any atom is 0.129 e. The van der Waals surface area contributed by atoms with E-state index in [-0.39, 0.29) is 0 Å². The summed E-state index contributed by atoms with van der Waals surface area (Å²) in [5.74, 6) is 0. The average Bonchev–Trinajstić information content (AvgIpc) is 1.87. The molecule has 0 spiro atoms. The van der Waals surface area contributed by atoms with Crippen LogP contribution in [0.3, 0.4) is 0 Å². The SMILES string of the molecule is C[S+](C)[O-].Clc1ccccn1. The van der Waals surface area contributed by atoms with Crippen molar-refractivity contribution < 1.29 is 4.55 Å². The van der Waals surface area contributed by atoms with Crippen LogP contribution < -0.4 is 0 Å². The van der Waals surface area contributed by atoms with E-state index in [0.29, 0.717) is 5.15 Å². The van der Waals surface area contributed by atoms with Gasteiger partial charge in [-0.05, 0) is 12.1 Å². The molecule has 1 aromatic rings. The Morgan fingerprint density at radius 2 is 2.00 bits per heavy atom. The molecule has 0 bridgehead atoms. The van der Waals surface area contributed by atoms with Gasteiger partial charge in [0.15, 0.2) is 0 Å².